The van der Waals surface area contributed by atoms with Gasteiger partial charge in [-0.05, 0) is 69.9 Å². The van der Waals surface area contributed by atoms with Gasteiger partial charge in [0.15, 0.2) is 17.5 Å². The van der Waals surface area contributed by atoms with Gasteiger partial charge in [-0.15, -0.1) is 11.3 Å². The van der Waals surface area contributed by atoms with Crippen LogP contribution in [-0.4, -0.2) is 19.9 Å². The maximum atomic E-state index is 9.45. The number of rotatable bonds is 5. The third kappa shape index (κ3) is 5.29. The van der Waals surface area contributed by atoms with Crippen LogP contribution in [0.25, 0.3) is 87.4 Å². The summed E-state index contributed by atoms with van der Waals surface area (Å²) in [5.74, 6) is 1.83. The molecule has 0 fully saturated rings. The van der Waals surface area contributed by atoms with Gasteiger partial charge in [0.25, 0.3) is 0 Å². The van der Waals surface area contributed by atoms with Crippen molar-refractivity contribution in [2.24, 2.45) is 0 Å². The van der Waals surface area contributed by atoms with Crippen molar-refractivity contribution < 1.29 is 0 Å². The van der Waals surface area contributed by atoms with E-state index < -0.39 is 0 Å². The topological polar surface area (TPSA) is 75.3 Å². The van der Waals surface area contributed by atoms with Gasteiger partial charge in [0.2, 0.25) is 0 Å². The molecule has 3 aromatic heterocycles. The number of nitrogens with zero attached hydrogens (tertiary/aromatic N) is 5. The summed E-state index contributed by atoms with van der Waals surface area (Å²) in [6.07, 6.45) is 3.67. The minimum absolute atomic E-state index is 0.593. The average molecular weight is 644 g/mol. The van der Waals surface area contributed by atoms with Crippen LogP contribution in [0.5, 0.6) is 0 Å². The Labute approximate surface area is 286 Å². The van der Waals surface area contributed by atoms with E-state index in [1.165, 1.54) is 10.1 Å². The van der Waals surface area contributed by atoms with E-state index in [-0.39, 0.29) is 0 Å². The fourth-order valence-electron chi connectivity index (χ4n) is 6.41. The largest absolute Gasteiger partial charge is 0.264 e. The first-order chi connectivity index (χ1) is 24.2. The van der Waals surface area contributed by atoms with Gasteiger partial charge in [0.05, 0.1) is 11.6 Å². The lowest BCUT2D eigenvalue weighted by molar-refractivity contribution is 1.08. The van der Waals surface area contributed by atoms with Crippen LogP contribution in [0.2, 0.25) is 0 Å². The Bertz CT molecular complexity index is 2720. The first-order valence-corrected chi connectivity index (χ1v) is 16.7. The molecule has 0 spiro atoms. The average Bonchev–Trinajstić information content (AvgIpc) is 3.55. The van der Waals surface area contributed by atoms with E-state index >= 15 is 0 Å². The molecule has 0 aliphatic rings. The second kappa shape index (κ2) is 11.9. The standard InChI is InChI=1S/C43H25N5S/c44-25-27-15-17-36-37-18-16-30(24-40(37)49-39(36)20-27)32-21-33(31-12-7-19-45-26-31)23-34(22-32)42-46-41(29-9-2-1-3-10-29)47-43(48-42)38-14-6-11-28-8-4-5-13-35(28)38/h1-24,26H. The summed E-state index contributed by atoms with van der Waals surface area (Å²) in [7, 11) is 0. The van der Waals surface area contributed by atoms with E-state index in [9.17, 15) is 5.26 Å². The second-order valence-corrected chi connectivity index (χ2v) is 13.0. The number of thiophene rings is 1. The zero-order valence-electron chi connectivity index (χ0n) is 26.1. The summed E-state index contributed by atoms with van der Waals surface area (Å²) in [6, 6.07) is 49.9. The molecule has 0 amide bonds. The van der Waals surface area contributed by atoms with Crippen molar-refractivity contribution >= 4 is 42.3 Å². The lowest BCUT2D eigenvalue weighted by atomic mass is 9.96. The maximum Gasteiger partial charge on any atom is 0.164 e. The Balaban J connectivity index is 1.26. The fourth-order valence-corrected chi connectivity index (χ4v) is 7.60. The van der Waals surface area contributed by atoms with Crippen LogP contribution in [0.3, 0.4) is 0 Å². The van der Waals surface area contributed by atoms with Crippen LogP contribution in [-0.2, 0) is 0 Å². The molecule has 3 heterocycles. The molecule has 0 atom stereocenters. The molecule has 49 heavy (non-hydrogen) atoms. The predicted octanol–water partition coefficient (Wildman–Crippen LogP) is 11.0. The van der Waals surface area contributed by atoms with Gasteiger partial charge in [-0.2, -0.15) is 5.26 Å². The van der Waals surface area contributed by atoms with Gasteiger partial charge in [-0.25, -0.2) is 15.0 Å². The first-order valence-electron chi connectivity index (χ1n) is 15.9. The smallest absolute Gasteiger partial charge is 0.164 e. The molecule has 5 nitrogen and oxygen atoms in total. The molecule has 6 aromatic carbocycles. The third-order valence-electron chi connectivity index (χ3n) is 8.82. The molecule has 0 bridgehead atoms. The molecule has 0 radical (unpaired) electrons. The third-order valence-corrected chi connectivity index (χ3v) is 9.94. The van der Waals surface area contributed by atoms with Crippen molar-refractivity contribution in [3.05, 3.63) is 157 Å². The number of aromatic nitrogens is 4. The summed E-state index contributed by atoms with van der Waals surface area (Å²) >= 11 is 1.71. The van der Waals surface area contributed by atoms with Gasteiger partial charge >= 0.3 is 0 Å². The molecule has 0 saturated heterocycles. The van der Waals surface area contributed by atoms with Crippen molar-refractivity contribution in [2.75, 3.05) is 0 Å². The first kappa shape index (κ1) is 28.7. The van der Waals surface area contributed by atoms with Gasteiger partial charge in [-0.1, -0.05) is 97.1 Å². The second-order valence-electron chi connectivity index (χ2n) is 11.9. The molecule has 0 aliphatic heterocycles. The summed E-state index contributed by atoms with van der Waals surface area (Å²) in [4.78, 5) is 19.7. The Kier molecular flexibility index (Phi) is 6.97. The number of hydrogen-bond acceptors (Lipinski definition) is 6. The van der Waals surface area contributed by atoms with Gasteiger partial charge in [0, 0.05) is 54.8 Å². The predicted molar refractivity (Wildman–Crippen MR) is 200 cm³/mol. The lowest BCUT2D eigenvalue weighted by Gasteiger charge is -2.13. The van der Waals surface area contributed by atoms with Gasteiger partial charge in [-0.3, -0.25) is 4.98 Å². The summed E-state index contributed by atoms with van der Waals surface area (Å²) in [5, 5.41) is 14.0. The van der Waals surface area contributed by atoms with E-state index in [0.29, 0.717) is 23.0 Å². The van der Waals surface area contributed by atoms with Crippen molar-refractivity contribution in [1.82, 2.24) is 19.9 Å². The van der Waals surface area contributed by atoms with Crippen LogP contribution in [0.15, 0.2) is 152 Å². The summed E-state index contributed by atoms with van der Waals surface area (Å²) in [6.45, 7) is 0. The van der Waals surface area contributed by atoms with E-state index in [1.54, 1.807) is 17.5 Å². The maximum absolute atomic E-state index is 9.45. The normalized spacial score (nSPS) is 11.2. The molecule has 228 valence electrons. The zero-order valence-corrected chi connectivity index (χ0v) is 26.9. The zero-order chi connectivity index (χ0) is 32.7. The summed E-state index contributed by atoms with van der Waals surface area (Å²) in [5.41, 5.74) is 7.58. The molecule has 0 saturated carbocycles. The van der Waals surface area contributed by atoms with Crippen LogP contribution in [0, 0.1) is 11.3 Å². The van der Waals surface area contributed by atoms with E-state index in [2.05, 4.69) is 83.8 Å². The number of benzene rings is 6. The molecule has 0 unspecified atom stereocenters. The summed E-state index contributed by atoms with van der Waals surface area (Å²) < 4.78 is 2.27. The van der Waals surface area contributed by atoms with Crippen molar-refractivity contribution in [1.29, 1.82) is 5.26 Å². The SMILES string of the molecule is N#Cc1ccc2c(c1)sc1cc(-c3cc(-c4cccnc4)cc(-c4nc(-c5ccccc5)nc(-c5cccc6ccccc56)n4)c3)ccc12. The number of nitriles is 1. The Hall–Kier alpha value is -6.55. The van der Waals surface area contributed by atoms with Crippen LogP contribution in [0.4, 0.5) is 0 Å². The number of hydrogen-bond donors (Lipinski definition) is 0. The van der Waals surface area contributed by atoms with Crippen molar-refractivity contribution in [3.63, 3.8) is 0 Å². The van der Waals surface area contributed by atoms with Gasteiger partial charge < -0.3 is 0 Å². The molecular formula is C43H25N5S. The lowest BCUT2D eigenvalue weighted by Crippen LogP contribution is -2.01. The van der Waals surface area contributed by atoms with E-state index in [4.69, 9.17) is 15.0 Å². The van der Waals surface area contributed by atoms with Crippen LogP contribution in [0.1, 0.15) is 5.56 Å². The molecular weight excluding hydrogens is 619 g/mol. The minimum atomic E-state index is 0.593. The van der Waals surface area contributed by atoms with Crippen LogP contribution >= 0.6 is 11.3 Å². The van der Waals surface area contributed by atoms with Crippen LogP contribution < -0.4 is 0 Å². The Morgan fingerprint density at radius 3 is 1.96 bits per heavy atom. The highest BCUT2D eigenvalue weighted by molar-refractivity contribution is 7.25. The fraction of sp³-hybridized carbons (Fsp3) is 0. The Morgan fingerprint density at radius 1 is 0.469 bits per heavy atom. The quantitative estimate of drug-likeness (QED) is 0.187. The highest BCUT2D eigenvalue weighted by atomic mass is 32.1. The van der Waals surface area contributed by atoms with Gasteiger partial charge in [0.1, 0.15) is 0 Å². The Morgan fingerprint density at radius 2 is 1.14 bits per heavy atom. The number of fused-ring (bicyclic) bond motifs is 4. The molecule has 9 aromatic rings. The molecule has 6 heteroatoms. The highest BCUT2D eigenvalue weighted by Crippen LogP contribution is 2.39. The molecule has 9 rings (SSSR count). The van der Waals surface area contributed by atoms with E-state index in [0.717, 1.165) is 59.8 Å². The monoisotopic (exact) mass is 643 g/mol. The van der Waals surface area contributed by atoms with Crippen molar-refractivity contribution in [2.45, 2.75) is 0 Å². The molecule has 0 N–H and O–H groups in total. The molecule has 0 aliphatic carbocycles. The minimum Gasteiger partial charge on any atom is -0.264 e. The van der Waals surface area contributed by atoms with E-state index in [1.807, 2.05) is 72.9 Å². The highest BCUT2D eigenvalue weighted by Gasteiger charge is 2.17. The number of pyridine rings is 1. The van der Waals surface area contributed by atoms with Crippen molar-refractivity contribution in [3.8, 4) is 62.5 Å².